The van der Waals surface area contributed by atoms with Crippen LogP contribution < -0.4 is 20.7 Å². The van der Waals surface area contributed by atoms with Crippen LogP contribution in [0.15, 0.2) is 29.0 Å². The van der Waals surface area contributed by atoms with E-state index in [1.54, 1.807) is 0 Å². The number of benzene rings is 1. The van der Waals surface area contributed by atoms with Crippen LogP contribution in [0.4, 0.5) is 5.82 Å². The number of hydrazine groups is 1. The van der Waals surface area contributed by atoms with Gasteiger partial charge in [-0.3, -0.25) is 0 Å². The molecule has 1 heterocycles. The van der Waals surface area contributed by atoms with Gasteiger partial charge < -0.3 is 14.9 Å². The van der Waals surface area contributed by atoms with Crippen LogP contribution in [0.3, 0.4) is 0 Å². The Hall–Kier alpha value is -1.86. The van der Waals surface area contributed by atoms with E-state index in [-0.39, 0.29) is 0 Å². The second-order valence-electron chi connectivity index (χ2n) is 3.72. The van der Waals surface area contributed by atoms with Gasteiger partial charge in [-0.05, 0) is 30.7 Å². The van der Waals surface area contributed by atoms with Crippen molar-refractivity contribution in [1.82, 2.24) is 9.97 Å². The van der Waals surface area contributed by atoms with E-state index in [2.05, 4.69) is 31.3 Å². The van der Waals surface area contributed by atoms with Crippen LogP contribution >= 0.6 is 15.9 Å². The highest BCUT2D eigenvalue weighted by atomic mass is 79.9. The topological polar surface area (TPSA) is 82.3 Å². The van der Waals surface area contributed by atoms with E-state index in [1.165, 1.54) is 13.4 Å². The number of hydrogen-bond acceptors (Lipinski definition) is 6. The molecule has 0 amide bonds. The van der Waals surface area contributed by atoms with Gasteiger partial charge in [0.25, 0.3) is 5.88 Å². The molecular formula is C12H13BrN4O2. The summed E-state index contributed by atoms with van der Waals surface area (Å²) in [4.78, 5) is 8.00. The van der Waals surface area contributed by atoms with Crippen LogP contribution in [-0.2, 0) is 0 Å². The summed E-state index contributed by atoms with van der Waals surface area (Å²) in [5, 5.41) is 0. The third-order valence-electron chi connectivity index (χ3n) is 2.46. The Morgan fingerprint density at radius 2 is 2.11 bits per heavy atom. The highest BCUT2D eigenvalue weighted by Crippen LogP contribution is 2.35. The molecule has 2 aromatic rings. The standard InChI is InChI=1S/C12H13BrN4O2/c1-7-5-8(13)3-4-9(7)19-12-10(18-2)11(17-14)15-6-16-12/h3-6H,14H2,1-2H3,(H,15,16,17). The molecule has 1 aromatic heterocycles. The predicted octanol–water partition coefficient (Wildman–Crippen LogP) is 2.63. The third kappa shape index (κ3) is 2.94. The van der Waals surface area contributed by atoms with E-state index in [1.807, 2.05) is 25.1 Å². The van der Waals surface area contributed by atoms with Crippen LogP contribution in [0.2, 0.25) is 0 Å². The number of aryl methyl sites for hydroxylation is 1. The van der Waals surface area contributed by atoms with E-state index >= 15 is 0 Å². The molecule has 6 nitrogen and oxygen atoms in total. The largest absolute Gasteiger partial charge is 0.489 e. The molecule has 100 valence electrons. The molecule has 0 saturated carbocycles. The summed E-state index contributed by atoms with van der Waals surface area (Å²) in [6.07, 6.45) is 1.35. The fourth-order valence-electron chi connectivity index (χ4n) is 1.55. The maximum atomic E-state index is 5.74. The molecule has 0 saturated heterocycles. The minimum absolute atomic E-state index is 0.302. The summed E-state index contributed by atoms with van der Waals surface area (Å²) >= 11 is 3.40. The number of aromatic nitrogens is 2. The molecule has 0 bridgehead atoms. The van der Waals surface area contributed by atoms with Crippen molar-refractivity contribution in [3.8, 4) is 17.4 Å². The number of rotatable bonds is 4. The highest BCUT2D eigenvalue weighted by Gasteiger charge is 2.14. The number of nitrogens with two attached hydrogens (primary N) is 1. The molecule has 0 aliphatic rings. The van der Waals surface area contributed by atoms with Crippen LogP contribution in [0.1, 0.15) is 5.56 Å². The molecule has 2 rings (SSSR count). The first-order valence-electron chi connectivity index (χ1n) is 5.45. The van der Waals surface area contributed by atoms with E-state index < -0.39 is 0 Å². The molecule has 0 fully saturated rings. The average Bonchev–Trinajstić information content (AvgIpc) is 2.41. The average molecular weight is 325 g/mol. The first-order chi connectivity index (χ1) is 9.15. The van der Waals surface area contributed by atoms with Crippen LogP contribution in [-0.4, -0.2) is 17.1 Å². The van der Waals surface area contributed by atoms with Crippen LogP contribution in [0, 0.1) is 6.92 Å². The lowest BCUT2D eigenvalue weighted by Gasteiger charge is -2.12. The molecule has 0 atom stereocenters. The molecule has 7 heteroatoms. The highest BCUT2D eigenvalue weighted by molar-refractivity contribution is 9.10. The van der Waals surface area contributed by atoms with E-state index in [0.29, 0.717) is 23.2 Å². The van der Waals surface area contributed by atoms with Gasteiger partial charge in [-0.25, -0.2) is 10.8 Å². The molecule has 0 radical (unpaired) electrons. The second-order valence-corrected chi connectivity index (χ2v) is 4.63. The Bertz CT molecular complexity index is 592. The second kappa shape index (κ2) is 5.85. The minimum Gasteiger partial charge on any atom is -0.489 e. The molecular weight excluding hydrogens is 312 g/mol. The molecule has 0 unspecified atom stereocenters. The van der Waals surface area contributed by atoms with Crippen molar-refractivity contribution >= 4 is 21.7 Å². The first-order valence-corrected chi connectivity index (χ1v) is 6.24. The monoisotopic (exact) mass is 324 g/mol. The number of halogens is 1. The maximum Gasteiger partial charge on any atom is 0.268 e. The molecule has 0 aliphatic heterocycles. The number of anilines is 1. The summed E-state index contributed by atoms with van der Waals surface area (Å²) in [6.45, 7) is 1.94. The van der Waals surface area contributed by atoms with Crippen molar-refractivity contribution in [2.75, 3.05) is 12.5 Å². The lowest BCUT2D eigenvalue weighted by atomic mass is 10.2. The molecule has 1 aromatic carbocycles. The lowest BCUT2D eigenvalue weighted by Crippen LogP contribution is -2.11. The first kappa shape index (κ1) is 13.6. The normalized spacial score (nSPS) is 10.1. The molecule has 0 aliphatic carbocycles. The van der Waals surface area contributed by atoms with Gasteiger partial charge in [0.05, 0.1) is 7.11 Å². The van der Waals surface area contributed by atoms with E-state index in [4.69, 9.17) is 15.3 Å². The number of hydrogen-bond donors (Lipinski definition) is 2. The fourth-order valence-corrected chi connectivity index (χ4v) is 2.02. The van der Waals surface area contributed by atoms with Gasteiger partial charge in [-0.2, -0.15) is 4.98 Å². The summed E-state index contributed by atoms with van der Waals surface area (Å²) in [5.41, 5.74) is 3.40. The van der Waals surface area contributed by atoms with Gasteiger partial charge in [-0.15, -0.1) is 0 Å². The Morgan fingerprint density at radius 1 is 1.32 bits per heavy atom. The van der Waals surface area contributed by atoms with Crippen molar-refractivity contribution in [3.63, 3.8) is 0 Å². The fraction of sp³-hybridized carbons (Fsp3) is 0.167. The van der Waals surface area contributed by atoms with Crippen molar-refractivity contribution in [2.24, 2.45) is 5.84 Å². The Balaban J connectivity index is 2.37. The maximum absolute atomic E-state index is 5.74. The van der Waals surface area contributed by atoms with Gasteiger partial charge >= 0.3 is 0 Å². The van der Waals surface area contributed by atoms with Gasteiger partial charge in [0.15, 0.2) is 5.82 Å². The molecule has 3 N–H and O–H groups in total. The summed E-state index contributed by atoms with van der Waals surface area (Å²) in [5.74, 6) is 7.06. The van der Waals surface area contributed by atoms with Gasteiger partial charge in [-0.1, -0.05) is 15.9 Å². The minimum atomic E-state index is 0.302. The van der Waals surface area contributed by atoms with Gasteiger partial charge in [0.1, 0.15) is 12.1 Å². The summed E-state index contributed by atoms with van der Waals surface area (Å²) in [7, 11) is 1.50. The van der Waals surface area contributed by atoms with Gasteiger partial charge in [0.2, 0.25) is 5.75 Å². The van der Waals surface area contributed by atoms with E-state index in [0.717, 1.165) is 10.0 Å². The quantitative estimate of drug-likeness (QED) is 0.664. The third-order valence-corrected chi connectivity index (χ3v) is 2.95. The van der Waals surface area contributed by atoms with Crippen molar-refractivity contribution in [3.05, 3.63) is 34.6 Å². The number of nitrogen functional groups attached to an aromatic ring is 1. The SMILES string of the molecule is COc1c(NN)ncnc1Oc1ccc(Br)cc1C. The zero-order chi connectivity index (χ0) is 13.8. The lowest BCUT2D eigenvalue weighted by molar-refractivity contribution is 0.368. The summed E-state index contributed by atoms with van der Waals surface area (Å²) in [6, 6.07) is 5.68. The predicted molar refractivity (Wildman–Crippen MR) is 75.3 cm³/mol. The zero-order valence-corrected chi connectivity index (χ0v) is 12.1. The van der Waals surface area contributed by atoms with Crippen LogP contribution in [0.5, 0.6) is 17.4 Å². The Labute approximate surface area is 119 Å². The van der Waals surface area contributed by atoms with Gasteiger partial charge in [0, 0.05) is 4.47 Å². The molecule has 0 spiro atoms. The van der Waals surface area contributed by atoms with Crippen LogP contribution in [0.25, 0.3) is 0 Å². The summed E-state index contributed by atoms with van der Waals surface area (Å²) < 4.78 is 11.9. The van der Waals surface area contributed by atoms with Crippen molar-refractivity contribution in [1.29, 1.82) is 0 Å². The number of ether oxygens (including phenoxy) is 2. The Morgan fingerprint density at radius 3 is 2.74 bits per heavy atom. The number of methoxy groups -OCH3 is 1. The zero-order valence-electron chi connectivity index (χ0n) is 10.5. The smallest absolute Gasteiger partial charge is 0.268 e. The van der Waals surface area contributed by atoms with Crippen molar-refractivity contribution in [2.45, 2.75) is 6.92 Å². The van der Waals surface area contributed by atoms with E-state index in [9.17, 15) is 0 Å². The number of nitrogens with zero attached hydrogens (tertiary/aromatic N) is 2. The number of nitrogens with one attached hydrogen (secondary N) is 1. The van der Waals surface area contributed by atoms with Crippen molar-refractivity contribution < 1.29 is 9.47 Å². The Kier molecular flexibility index (Phi) is 4.18. The molecule has 19 heavy (non-hydrogen) atoms.